The maximum atomic E-state index is 12.3. The van der Waals surface area contributed by atoms with E-state index in [9.17, 15) is 4.79 Å². The Morgan fingerprint density at radius 2 is 1.64 bits per heavy atom. The molecule has 2 rings (SSSR count). The van der Waals surface area contributed by atoms with Gasteiger partial charge in [-0.05, 0) is 55.3 Å². The molecule has 158 valence electrons. The van der Waals surface area contributed by atoms with Gasteiger partial charge in [0.2, 0.25) is 11.7 Å². The SMILES string of the molecule is COc1cc(CC(=O)NCCCCN2CC(C)CC(C)C2)cc(OC)c1OC. The molecule has 6 nitrogen and oxygen atoms in total. The Balaban J connectivity index is 1.74. The summed E-state index contributed by atoms with van der Waals surface area (Å²) in [6, 6.07) is 3.64. The number of unbranched alkanes of at least 4 members (excludes halogenated alkanes) is 1. The minimum Gasteiger partial charge on any atom is -0.493 e. The number of rotatable bonds is 10. The number of carbonyl (C=O) groups excluding carboxylic acids is 1. The van der Waals surface area contributed by atoms with Crippen molar-refractivity contribution in [1.29, 1.82) is 0 Å². The zero-order valence-corrected chi connectivity index (χ0v) is 18.0. The van der Waals surface area contributed by atoms with Gasteiger partial charge < -0.3 is 24.4 Å². The van der Waals surface area contributed by atoms with Crippen LogP contribution in [0.2, 0.25) is 0 Å². The molecule has 2 unspecified atom stereocenters. The maximum absolute atomic E-state index is 12.3. The molecule has 0 aliphatic carbocycles. The lowest BCUT2D eigenvalue weighted by atomic mass is 9.92. The highest BCUT2D eigenvalue weighted by Gasteiger charge is 2.21. The maximum Gasteiger partial charge on any atom is 0.224 e. The largest absolute Gasteiger partial charge is 0.493 e. The summed E-state index contributed by atoms with van der Waals surface area (Å²) in [7, 11) is 4.72. The van der Waals surface area contributed by atoms with Gasteiger partial charge in [0.15, 0.2) is 11.5 Å². The van der Waals surface area contributed by atoms with Crippen LogP contribution in [0, 0.1) is 11.8 Å². The van der Waals surface area contributed by atoms with Crippen LogP contribution < -0.4 is 19.5 Å². The number of nitrogens with zero attached hydrogens (tertiary/aromatic N) is 1. The van der Waals surface area contributed by atoms with Gasteiger partial charge in [0, 0.05) is 19.6 Å². The number of piperidine rings is 1. The number of benzene rings is 1. The van der Waals surface area contributed by atoms with Crippen molar-refractivity contribution < 1.29 is 19.0 Å². The van der Waals surface area contributed by atoms with Crippen molar-refractivity contribution in [3.05, 3.63) is 17.7 Å². The van der Waals surface area contributed by atoms with Crippen LogP contribution in [0.15, 0.2) is 12.1 Å². The highest BCUT2D eigenvalue weighted by atomic mass is 16.5. The first-order valence-electron chi connectivity index (χ1n) is 10.2. The fraction of sp³-hybridized carbons (Fsp3) is 0.682. The van der Waals surface area contributed by atoms with Crippen molar-refractivity contribution >= 4 is 5.91 Å². The van der Waals surface area contributed by atoms with Gasteiger partial charge in [-0.25, -0.2) is 0 Å². The van der Waals surface area contributed by atoms with Gasteiger partial charge >= 0.3 is 0 Å². The summed E-state index contributed by atoms with van der Waals surface area (Å²) in [6.07, 6.45) is 3.75. The van der Waals surface area contributed by atoms with Gasteiger partial charge in [-0.15, -0.1) is 0 Å². The Morgan fingerprint density at radius 1 is 1.04 bits per heavy atom. The summed E-state index contributed by atoms with van der Waals surface area (Å²) in [5.41, 5.74) is 0.836. The summed E-state index contributed by atoms with van der Waals surface area (Å²) in [4.78, 5) is 14.8. The normalized spacial score (nSPS) is 19.9. The second kappa shape index (κ2) is 11.1. The quantitative estimate of drug-likeness (QED) is 0.620. The molecular formula is C22H36N2O4. The van der Waals surface area contributed by atoms with Crippen molar-refractivity contribution in [2.45, 2.75) is 39.5 Å². The van der Waals surface area contributed by atoms with E-state index in [2.05, 4.69) is 24.1 Å². The first kappa shape index (κ1) is 22.3. The minimum absolute atomic E-state index is 0.00879. The van der Waals surface area contributed by atoms with E-state index in [1.165, 1.54) is 19.5 Å². The summed E-state index contributed by atoms with van der Waals surface area (Å²) >= 11 is 0. The topological polar surface area (TPSA) is 60.0 Å². The summed E-state index contributed by atoms with van der Waals surface area (Å²) in [5.74, 6) is 3.26. The third-order valence-corrected chi connectivity index (χ3v) is 5.26. The van der Waals surface area contributed by atoms with E-state index in [-0.39, 0.29) is 12.3 Å². The van der Waals surface area contributed by atoms with E-state index in [4.69, 9.17) is 14.2 Å². The Morgan fingerprint density at radius 3 is 2.18 bits per heavy atom. The van der Waals surface area contributed by atoms with Crippen molar-refractivity contribution in [1.82, 2.24) is 10.2 Å². The molecule has 1 heterocycles. The van der Waals surface area contributed by atoms with Gasteiger partial charge in [-0.1, -0.05) is 13.8 Å². The highest BCUT2D eigenvalue weighted by molar-refractivity contribution is 5.79. The predicted molar refractivity (Wildman–Crippen MR) is 111 cm³/mol. The Hall–Kier alpha value is -1.95. The molecule has 1 aromatic carbocycles. The Labute approximate surface area is 169 Å². The van der Waals surface area contributed by atoms with E-state index in [1.54, 1.807) is 21.3 Å². The molecule has 0 bridgehead atoms. The second-order valence-electron chi connectivity index (χ2n) is 7.97. The van der Waals surface area contributed by atoms with Gasteiger partial charge in [0.25, 0.3) is 0 Å². The van der Waals surface area contributed by atoms with Crippen LogP contribution in [0.25, 0.3) is 0 Å². The standard InChI is InChI=1S/C22H36N2O4/c1-16-10-17(2)15-24(14-16)9-7-6-8-23-21(25)13-18-11-19(26-3)22(28-5)20(12-18)27-4/h11-12,16-17H,6-10,13-15H2,1-5H3,(H,23,25). The zero-order valence-electron chi connectivity index (χ0n) is 18.0. The molecule has 0 saturated carbocycles. The molecule has 1 aliphatic rings. The van der Waals surface area contributed by atoms with E-state index in [0.29, 0.717) is 23.8 Å². The molecule has 0 spiro atoms. The van der Waals surface area contributed by atoms with Crippen molar-refractivity contribution in [2.24, 2.45) is 11.8 Å². The Bertz CT molecular complexity index is 600. The van der Waals surface area contributed by atoms with Crippen molar-refractivity contribution in [3.8, 4) is 17.2 Å². The minimum atomic E-state index is 0.00879. The first-order chi connectivity index (χ1) is 13.5. The van der Waals surface area contributed by atoms with Crippen molar-refractivity contribution in [3.63, 3.8) is 0 Å². The third kappa shape index (κ3) is 6.59. The van der Waals surface area contributed by atoms with Gasteiger partial charge in [0.1, 0.15) is 0 Å². The van der Waals surface area contributed by atoms with E-state index >= 15 is 0 Å². The second-order valence-corrected chi connectivity index (χ2v) is 7.97. The summed E-state index contributed by atoms with van der Waals surface area (Å²) < 4.78 is 16.0. The summed E-state index contributed by atoms with van der Waals surface area (Å²) in [6.45, 7) is 8.92. The van der Waals surface area contributed by atoms with Crippen molar-refractivity contribution in [2.75, 3.05) is 47.5 Å². The molecule has 6 heteroatoms. The number of methoxy groups -OCH3 is 3. The molecule has 1 N–H and O–H groups in total. The average molecular weight is 393 g/mol. The van der Waals surface area contributed by atoms with Gasteiger partial charge in [-0.3, -0.25) is 4.79 Å². The number of nitrogens with one attached hydrogen (secondary N) is 1. The molecule has 1 fully saturated rings. The van der Waals surface area contributed by atoms with E-state index < -0.39 is 0 Å². The van der Waals surface area contributed by atoms with Crippen LogP contribution in [-0.4, -0.2) is 58.3 Å². The fourth-order valence-corrected chi connectivity index (χ4v) is 4.15. The van der Waals surface area contributed by atoms with Crippen LogP contribution in [0.5, 0.6) is 17.2 Å². The van der Waals surface area contributed by atoms with Crippen LogP contribution in [0.4, 0.5) is 0 Å². The number of hydrogen-bond donors (Lipinski definition) is 1. The van der Waals surface area contributed by atoms with Gasteiger partial charge in [0.05, 0.1) is 27.8 Å². The lowest BCUT2D eigenvalue weighted by Gasteiger charge is -2.34. The molecule has 28 heavy (non-hydrogen) atoms. The van der Waals surface area contributed by atoms with Crippen LogP contribution in [0.3, 0.4) is 0 Å². The van der Waals surface area contributed by atoms with E-state index in [1.807, 2.05) is 12.1 Å². The first-order valence-corrected chi connectivity index (χ1v) is 10.2. The number of hydrogen-bond acceptors (Lipinski definition) is 5. The molecule has 1 aliphatic heterocycles. The number of carbonyl (C=O) groups is 1. The molecule has 0 aromatic heterocycles. The van der Waals surface area contributed by atoms with Crippen LogP contribution in [-0.2, 0) is 11.2 Å². The van der Waals surface area contributed by atoms with Crippen LogP contribution >= 0.6 is 0 Å². The summed E-state index contributed by atoms with van der Waals surface area (Å²) in [5, 5.41) is 3.02. The molecule has 1 saturated heterocycles. The highest BCUT2D eigenvalue weighted by Crippen LogP contribution is 2.38. The lowest BCUT2D eigenvalue weighted by Crippen LogP contribution is -2.39. The molecule has 2 atom stereocenters. The molecule has 1 aromatic rings. The van der Waals surface area contributed by atoms with Crippen LogP contribution in [0.1, 0.15) is 38.7 Å². The fourth-order valence-electron chi connectivity index (χ4n) is 4.15. The van der Waals surface area contributed by atoms with Gasteiger partial charge in [-0.2, -0.15) is 0 Å². The smallest absolute Gasteiger partial charge is 0.224 e. The number of ether oxygens (including phenoxy) is 3. The zero-order chi connectivity index (χ0) is 20.5. The molecular weight excluding hydrogens is 356 g/mol. The Kier molecular flexibility index (Phi) is 8.90. The predicted octanol–water partition coefficient (Wildman–Crippen LogP) is 3.13. The monoisotopic (exact) mass is 392 g/mol. The number of likely N-dealkylation sites (tertiary alicyclic amines) is 1. The third-order valence-electron chi connectivity index (χ3n) is 5.26. The number of amides is 1. The van der Waals surface area contributed by atoms with E-state index in [0.717, 1.165) is 36.8 Å². The average Bonchev–Trinajstić information content (AvgIpc) is 2.66. The lowest BCUT2D eigenvalue weighted by molar-refractivity contribution is -0.120. The molecule has 1 amide bonds. The molecule has 0 radical (unpaired) electrons.